The SMILES string of the molecule is CC(CCNc1nc2cc(Cl)ccc2s1)c1ccccc1. The first-order chi connectivity index (χ1) is 10.2. The van der Waals surface area contributed by atoms with Gasteiger partial charge in [-0.25, -0.2) is 4.98 Å². The lowest BCUT2D eigenvalue weighted by molar-refractivity contribution is 0.706. The number of halogens is 1. The van der Waals surface area contributed by atoms with Crippen molar-refractivity contribution in [2.24, 2.45) is 0 Å². The van der Waals surface area contributed by atoms with E-state index in [1.54, 1.807) is 11.3 Å². The Morgan fingerprint density at radius 3 is 2.81 bits per heavy atom. The maximum Gasteiger partial charge on any atom is 0.183 e. The van der Waals surface area contributed by atoms with Gasteiger partial charge in [-0.05, 0) is 36.1 Å². The molecule has 1 heterocycles. The predicted molar refractivity (Wildman–Crippen MR) is 92.6 cm³/mol. The number of fused-ring (bicyclic) bond motifs is 1. The lowest BCUT2D eigenvalue weighted by Crippen LogP contribution is -2.05. The number of benzene rings is 2. The molecule has 1 N–H and O–H groups in total. The van der Waals surface area contributed by atoms with Crippen molar-refractivity contribution in [3.63, 3.8) is 0 Å². The van der Waals surface area contributed by atoms with E-state index in [9.17, 15) is 0 Å². The fourth-order valence-electron chi connectivity index (χ4n) is 2.32. The second-order valence-electron chi connectivity index (χ2n) is 5.16. The van der Waals surface area contributed by atoms with E-state index in [2.05, 4.69) is 47.6 Å². The number of anilines is 1. The molecule has 4 heteroatoms. The van der Waals surface area contributed by atoms with Gasteiger partial charge >= 0.3 is 0 Å². The van der Waals surface area contributed by atoms with Crippen LogP contribution in [0.4, 0.5) is 5.13 Å². The second kappa shape index (κ2) is 6.46. The topological polar surface area (TPSA) is 24.9 Å². The highest BCUT2D eigenvalue weighted by Crippen LogP contribution is 2.28. The van der Waals surface area contributed by atoms with Crippen LogP contribution in [0.15, 0.2) is 48.5 Å². The Balaban J connectivity index is 1.59. The van der Waals surface area contributed by atoms with Crippen LogP contribution >= 0.6 is 22.9 Å². The molecule has 1 atom stereocenters. The number of thiazole rings is 1. The molecule has 108 valence electrons. The van der Waals surface area contributed by atoms with Gasteiger partial charge < -0.3 is 5.32 Å². The lowest BCUT2D eigenvalue weighted by Gasteiger charge is -2.11. The summed E-state index contributed by atoms with van der Waals surface area (Å²) in [5.41, 5.74) is 2.35. The van der Waals surface area contributed by atoms with Crippen molar-refractivity contribution in [1.82, 2.24) is 4.98 Å². The van der Waals surface area contributed by atoms with Crippen molar-refractivity contribution in [3.8, 4) is 0 Å². The molecule has 0 spiro atoms. The number of hydrogen-bond donors (Lipinski definition) is 1. The number of aromatic nitrogens is 1. The van der Waals surface area contributed by atoms with Crippen LogP contribution in [0.5, 0.6) is 0 Å². The normalized spacial score (nSPS) is 12.5. The third-order valence-corrected chi connectivity index (χ3v) is 4.80. The minimum absolute atomic E-state index is 0.544. The first-order valence-corrected chi connectivity index (χ1v) is 8.27. The van der Waals surface area contributed by atoms with E-state index >= 15 is 0 Å². The lowest BCUT2D eigenvalue weighted by atomic mass is 9.98. The van der Waals surface area contributed by atoms with Crippen LogP contribution in [0.1, 0.15) is 24.8 Å². The molecule has 0 aliphatic carbocycles. The standard InChI is InChI=1S/C17H17ClN2S/c1-12(13-5-3-2-4-6-13)9-10-19-17-20-15-11-14(18)7-8-16(15)21-17/h2-8,11-12H,9-10H2,1H3,(H,19,20). The number of rotatable bonds is 5. The molecule has 0 aliphatic rings. The average Bonchev–Trinajstić information content (AvgIpc) is 2.89. The summed E-state index contributed by atoms with van der Waals surface area (Å²) < 4.78 is 1.16. The van der Waals surface area contributed by atoms with Gasteiger partial charge in [0.2, 0.25) is 0 Å². The molecular weight excluding hydrogens is 300 g/mol. The minimum Gasteiger partial charge on any atom is -0.361 e. The molecule has 1 aromatic heterocycles. The van der Waals surface area contributed by atoms with Gasteiger partial charge in [0.05, 0.1) is 10.2 Å². The van der Waals surface area contributed by atoms with Gasteiger partial charge in [0, 0.05) is 11.6 Å². The molecule has 3 rings (SSSR count). The van der Waals surface area contributed by atoms with E-state index in [0.29, 0.717) is 5.92 Å². The zero-order valence-corrected chi connectivity index (χ0v) is 13.4. The maximum atomic E-state index is 5.99. The molecule has 0 fully saturated rings. The van der Waals surface area contributed by atoms with Gasteiger partial charge in [0.1, 0.15) is 0 Å². The largest absolute Gasteiger partial charge is 0.361 e. The quantitative estimate of drug-likeness (QED) is 0.667. The molecule has 3 aromatic rings. The first kappa shape index (κ1) is 14.4. The highest BCUT2D eigenvalue weighted by Gasteiger charge is 2.07. The Bertz CT molecular complexity index is 724. The highest BCUT2D eigenvalue weighted by molar-refractivity contribution is 7.22. The zero-order chi connectivity index (χ0) is 14.7. The van der Waals surface area contributed by atoms with Gasteiger partial charge in [-0.3, -0.25) is 0 Å². The molecule has 0 saturated heterocycles. The molecular formula is C17H17ClN2S. The molecule has 0 amide bonds. The summed E-state index contributed by atoms with van der Waals surface area (Å²) in [5, 5.41) is 5.12. The fraction of sp³-hybridized carbons (Fsp3) is 0.235. The summed E-state index contributed by atoms with van der Waals surface area (Å²) in [4.78, 5) is 4.57. The number of hydrogen-bond acceptors (Lipinski definition) is 3. The molecule has 0 aliphatic heterocycles. The fourth-order valence-corrected chi connectivity index (χ4v) is 3.36. The Morgan fingerprint density at radius 1 is 1.19 bits per heavy atom. The van der Waals surface area contributed by atoms with Crippen LogP contribution in [0.2, 0.25) is 5.02 Å². The third-order valence-electron chi connectivity index (χ3n) is 3.57. The van der Waals surface area contributed by atoms with Crippen LogP contribution in [0.3, 0.4) is 0 Å². The Labute approximate surface area is 133 Å². The second-order valence-corrected chi connectivity index (χ2v) is 6.63. The smallest absolute Gasteiger partial charge is 0.183 e. The van der Waals surface area contributed by atoms with Crippen molar-refractivity contribution in [2.45, 2.75) is 19.3 Å². The van der Waals surface area contributed by atoms with Crippen molar-refractivity contribution in [3.05, 3.63) is 59.1 Å². The van der Waals surface area contributed by atoms with Gasteiger partial charge in [0.25, 0.3) is 0 Å². The van der Waals surface area contributed by atoms with E-state index in [1.165, 1.54) is 5.56 Å². The highest BCUT2D eigenvalue weighted by atomic mass is 35.5. The summed E-state index contributed by atoms with van der Waals surface area (Å²) in [5.74, 6) is 0.544. The van der Waals surface area contributed by atoms with E-state index in [0.717, 1.165) is 33.3 Å². The van der Waals surface area contributed by atoms with Gasteiger partial charge in [-0.15, -0.1) is 0 Å². The molecule has 0 saturated carbocycles. The van der Waals surface area contributed by atoms with Gasteiger partial charge in [-0.2, -0.15) is 0 Å². The summed E-state index contributed by atoms with van der Waals surface area (Å²) in [6, 6.07) is 16.4. The molecule has 2 aromatic carbocycles. The van der Waals surface area contributed by atoms with Crippen LogP contribution in [-0.4, -0.2) is 11.5 Å². The van der Waals surface area contributed by atoms with Crippen molar-refractivity contribution in [2.75, 3.05) is 11.9 Å². The molecule has 0 bridgehead atoms. The van der Waals surface area contributed by atoms with E-state index < -0.39 is 0 Å². The zero-order valence-electron chi connectivity index (χ0n) is 11.8. The monoisotopic (exact) mass is 316 g/mol. The molecule has 1 unspecified atom stereocenters. The van der Waals surface area contributed by atoms with E-state index in [-0.39, 0.29) is 0 Å². The van der Waals surface area contributed by atoms with Crippen LogP contribution in [-0.2, 0) is 0 Å². The molecule has 21 heavy (non-hydrogen) atoms. The van der Waals surface area contributed by atoms with Crippen LogP contribution < -0.4 is 5.32 Å². The van der Waals surface area contributed by atoms with Crippen LogP contribution in [0.25, 0.3) is 10.2 Å². The van der Waals surface area contributed by atoms with Crippen LogP contribution in [0, 0.1) is 0 Å². The van der Waals surface area contributed by atoms with E-state index in [1.807, 2.05) is 18.2 Å². The van der Waals surface area contributed by atoms with Gasteiger partial charge in [0.15, 0.2) is 5.13 Å². The molecule has 2 nitrogen and oxygen atoms in total. The summed E-state index contributed by atoms with van der Waals surface area (Å²) >= 11 is 7.66. The van der Waals surface area contributed by atoms with Crippen molar-refractivity contribution >= 4 is 38.3 Å². The minimum atomic E-state index is 0.544. The van der Waals surface area contributed by atoms with Crippen molar-refractivity contribution in [1.29, 1.82) is 0 Å². The Hall–Kier alpha value is -1.58. The summed E-state index contributed by atoms with van der Waals surface area (Å²) in [6.07, 6.45) is 1.08. The maximum absolute atomic E-state index is 5.99. The summed E-state index contributed by atoms with van der Waals surface area (Å²) in [6.45, 7) is 3.18. The first-order valence-electron chi connectivity index (χ1n) is 7.07. The van der Waals surface area contributed by atoms with Gasteiger partial charge in [-0.1, -0.05) is 60.2 Å². The number of nitrogens with one attached hydrogen (secondary N) is 1. The molecule has 0 radical (unpaired) electrons. The van der Waals surface area contributed by atoms with Crippen molar-refractivity contribution < 1.29 is 0 Å². The average molecular weight is 317 g/mol. The predicted octanol–water partition coefficient (Wildman–Crippen LogP) is 5.56. The third kappa shape index (κ3) is 3.55. The number of nitrogens with zero attached hydrogens (tertiary/aromatic N) is 1. The van der Waals surface area contributed by atoms with E-state index in [4.69, 9.17) is 11.6 Å². The summed E-state index contributed by atoms with van der Waals surface area (Å²) in [7, 11) is 0. The Kier molecular flexibility index (Phi) is 4.42. The Morgan fingerprint density at radius 2 is 2.00 bits per heavy atom.